The zero-order valence-electron chi connectivity index (χ0n) is 54.7. The van der Waals surface area contributed by atoms with Crippen LogP contribution in [0.3, 0.4) is 0 Å². The number of amides is 1. The molecule has 2 heterocycles. The molecule has 12 unspecified atom stereocenters. The summed E-state index contributed by atoms with van der Waals surface area (Å²) in [5.74, 6) is -0.238. The van der Waals surface area contributed by atoms with Crippen LogP contribution in [0.5, 0.6) is 0 Å². The summed E-state index contributed by atoms with van der Waals surface area (Å²) in [7, 11) is 0. The fourth-order valence-corrected chi connectivity index (χ4v) is 11.3. The number of hydrogen-bond acceptors (Lipinski definition) is 13. The SMILES string of the molecule is CC/C=C\C/C=C\C/C=C\C/C=C\C/C=C\C/C=C\C/C=C\CCCCCC(=O)NC(COC1OC(CO)C(OC2OC(CO)C(O)C(O)C2O)C(O)C1O)C(O)CCCCCCCCCCCCCCCCCCCCCCCCCCCCCC. The van der Waals surface area contributed by atoms with Gasteiger partial charge < -0.3 is 65.1 Å². The Bertz CT molecular complexity index is 1780. The molecule has 0 aliphatic carbocycles. The molecule has 12 atom stereocenters. The van der Waals surface area contributed by atoms with Crippen molar-refractivity contribution in [2.24, 2.45) is 0 Å². The molecule has 0 aromatic heterocycles. The molecule has 2 aliphatic heterocycles. The summed E-state index contributed by atoms with van der Waals surface area (Å²) in [5.41, 5.74) is 0. The van der Waals surface area contributed by atoms with Crippen molar-refractivity contribution in [1.82, 2.24) is 5.32 Å². The lowest BCUT2D eigenvalue weighted by atomic mass is 9.97. The molecule has 2 aliphatic rings. The summed E-state index contributed by atoms with van der Waals surface area (Å²) < 4.78 is 22.9. The lowest BCUT2D eigenvalue weighted by molar-refractivity contribution is -0.359. The van der Waals surface area contributed by atoms with E-state index >= 15 is 0 Å². The van der Waals surface area contributed by atoms with E-state index in [9.17, 15) is 45.6 Å². The second-order valence-electron chi connectivity index (χ2n) is 24.6. The number of ether oxygens (including phenoxy) is 4. The molecule has 2 saturated heterocycles. The molecule has 2 fully saturated rings. The second kappa shape index (κ2) is 57.1. The number of rotatable bonds is 57. The van der Waals surface area contributed by atoms with E-state index in [2.05, 4.69) is 104 Å². The van der Waals surface area contributed by atoms with Gasteiger partial charge in [0, 0.05) is 6.42 Å². The molecule has 1 amide bonds. The topological polar surface area (TPSA) is 228 Å². The van der Waals surface area contributed by atoms with Crippen molar-refractivity contribution < 1.29 is 64.6 Å². The van der Waals surface area contributed by atoms with E-state index < -0.39 is 86.8 Å². The van der Waals surface area contributed by atoms with Gasteiger partial charge in [-0.1, -0.05) is 285 Å². The van der Waals surface area contributed by atoms with Gasteiger partial charge in [-0.3, -0.25) is 4.79 Å². The quantitative estimate of drug-likeness (QED) is 0.0204. The molecule has 0 aromatic rings. The molecule has 0 radical (unpaired) electrons. The minimum absolute atomic E-state index is 0.238. The van der Waals surface area contributed by atoms with E-state index in [1.165, 1.54) is 154 Å². The third-order valence-corrected chi connectivity index (χ3v) is 16.9. The lowest BCUT2D eigenvalue weighted by Gasteiger charge is -2.46. The van der Waals surface area contributed by atoms with Crippen molar-refractivity contribution in [1.29, 1.82) is 0 Å². The molecule has 14 nitrogen and oxygen atoms in total. The first kappa shape index (κ1) is 80.3. The van der Waals surface area contributed by atoms with Crippen molar-refractivity contribution >= 4 is 5.91 Å². The van der Waals surface area contributed by atoms with Crippen molar-refractivity contribution in [2.45, 2.75) is 351 Å². The Morgan fingerprint density at radius 3 is 1.21 bits per heavy atom. The maximum Gasteiger partial charge on any atom is 0.220 e. The van der Waals surface area contributed by atoms with E-state index in [0.717, 1.165) is 89.9 Å². The van der Waals surface area contributed by atoms with Gasteiger partial charge in [0.1, 0.15) is 48.8 Å². The molecule has 87 heavy (non-hydrogen) atoms. The van der Waals surface area contributed by atoms with Crippen molar-refractivity contribution in [3.8, 4) is 0 Å². The van der Waals surface area contributed by atoms with Gasteiger partial charge in [0.25, 0.3) is 0 Å². The van der Waals surface area contributed by atoms with Gasteiger partial charge in [-0.2, -0.15) is 0 Å². The summed E-state index contributed by atoms with van der Waals surface area (Å²) in [5, 5.41) is 87.6. The van der Waals surface area contributed by atoms with Crippen LogP contribution in [0.25, 0.3) is 0 Å². The predicted octanol–water partition coefficient (Wildman–Crippen LogP) is 14.4. The summed E-state index contributed by atoms with van der Waals surface area (Å²) in [4.78, 5) is 13.3. The normalized spacial score (nSPS) is 23.8. The highest BCUT2D eigenvalue weighted by atomic mass is 16.7. The highest BCUT2D eigenvalue weighted by Gasteiger charge is 2.51. The molecule has 9 N–H and O–H groups in total. The van der Waals surface area contributed by atoms with E-state index in [0.29, 0.717) is 12.8 Å². The van der Waals surface area contributed by atoms with Crippen molar-refractivity contribution in [3.63, 3.8) is 0 Å². The third-order valence-electron chi connectivity index (χ3n) is 16.9. The van der Waals surface area contributed by atoms with E-state index in [1.807, 2.05) is 0 Å². The summed E-state index contributed by atoms with van der Waals surface area (Å²) in [6.45, 7) is 2.75. The van der Waals surface area contributed by atoms with Crippen LogP contribution in [0.2, 0.25) is 0 Å². The number of aliphatic hydroxyl groups excluding tert-OH is 8. The fourth-order valence-electron chi connectivity index (χ4n) is 11.3. The van der Waals surface area contributed by atoms with E-state index in [1.54, 1.807) is 0 Å². The molecule has 504 valence electrons. The van der Waals surface area contributed by atoms with Crippen LogP contribution in [-0.2, 0) is 23.7 Å². The van der Waals surface area contributed by atoms with Crippen LogP contribution in [-0.4, -0.2) is 140 Å². The smallest absolute Gasteiger partial charge is 0.220 e. The van der Waals surface area contributed by atoms with Crippen LogP contribution in [0.4, 0.5) is 0 Å². The largest absolute Gasteiger partial charge is 0.394 e. The summed E-state index contributed by atoms with van der Waals surface area (Å²) in [6.07, 6.45) is 61.7. The fraction of sp³-hybridized carbons (Fsp3) is 0.795. The summed E-state index contributed by atoms with van der Waals surface area (Å²) >= 11 is 0. The maximum atomic E-state index is 13.3. The number of nitrogens with one attached hydrogen (secondary N) is 1. The maximum absolute atomic E-state index is 13.3. The first-order chi connectivity index (χ1) is 42.6. The van der Waals surface area contributed by atoms with E-state index in [-0.39, 0.29) is 18.9 Å². The predicted molar refractivity (Wildman–Crippen MR) is 355 cm³/mol. The Hall–Kier alpha value is -2.83. The Morgan fingerprint density at radius 1 is 0.425 bits per heavy atom. The molecule has 2 rings (SSSR count). The standard InChI is InChI=1S/C73H129NO13/c1-3-5-7-9-11-13-15-17-19-21-23-25-27-29-30-31-33-34-36-38-40-42-44-46-48-50-52-54-56-62(77)61(60-84-72-70(83)68(81)71(64(59-76)86-72)87-73-69(82)67(80)66(79)63(58-75)85-73)74-65(78)57-55-53-51-49-47-45-43-41-39-37-35-32-28-26-24-22-20-18-16-14-12-10-8-6-4-2/h6,8,12,14,18,20,24,26,32,35,39,41,45,47,61-64,66-73,75-77,79-83H,3-5,7,9-11,13,15-17,19,21-23,25,27-31,33-34,36-38,40,42-44,46,48-60H2,1-2H3,(H,74,78)/b8-6-,14-12-,20-18-,26-24-,35-32-,41-39-,47-45-. The zero-order chi connectivity index (χ0) is 63.1. The van der Waals surface area contributed by atoms with Gasteiger partial charge >= 0.3 is 0 Å². The Kier molecular flexibility index (Phi) is 52.7. The van der Waals surface area contributed by atoms with Crippen LogP contribution in [0.1, 0.15) is 277 Å². The molecule has 0 spiro atoms. The van der Waals surface area contributed by atoms with Gasteiger partial charge in [-0.05, 0) is 70.6 Å². The van der Waals surface area contributed by atoms with Crippen molar-refractivity contribution in [3.05, 3.63) is 85.1 Å². The number of carbonyl (C=O) groups is 1. The molecular formula is C73H129NO13. The minimum Gasteiger partial charge on any atom is -0.394 e. The highest BCUT2D eigenvalue weighted by molar-refractivity contribution is 5.76. The number of aliphatic hydroxyl groups is 8. The average molecular weight is 1230 g/mol. The second-order valence-corrected chi connectivity index (χ2v) is 24.6. The first-order valence-corrected chi connectivity index (χ1v) is 35.3. The molecule has 14 heteroatoms. The van der Waals surface area contributed by atoms with Crippen LogP contribution >= 0.6 is 0 Å². The number of unbranched alkanes of at least 4 members (excludes halogenated alkanes) is 30. The van der Waals surface area contributed by atoms with Gasteiger partial charge in [-0.15, -0.1) is 0 Å². The first-order valence-electron chi connectivity index (χ1n) is 35.3. The number of carbonyl (C=O) groups excluding carboxylic acids is 1. The van der Waals surface area contributed by atoms with Gasteiger partial charge in [-0.25, -0.2) is 0 Å². The minimum atomic E-state index is -1.79. The lowest BCUT2D eigenvalue weighted by Crippen LogP contribution is -2.65. The van der Waals surface area contributed by atoms with Crippen LogP contribution < -0.4 is 5.32 Å². The molecule has 0 saturated carbocycles. The Labute approximate surface area is 529 Å². The number of hydrogen-bond donors (Lipinski definition) is 9. The average Bonchev–Trinajstić information content (AvgIpc) is 2.50. The van der Waals surface area contributed by atoms with Crippen molar-refractivity contribution in [2.75, 3.05) is 19.8 Å². The summed E-state index contributed by atoms with van der Waals surface area (Å²) in [6, 6.07) is -0.855. The van der Waals surface area contributed by atoms with Crippen LogP contribution in [0.15, 0.2) is 85.1 Å². The van der Waals surface area contributed by atoms with Gasteiger partial charge in [0.15, 0.2) is 12.6 Å². The zero-order valence-corrected chi connectivity index (χ0v) is 54.7. The molecular weight excluding hydrogens is 1100 g/mol. The van der Waals surface area contributed by atoms with Gasteiger partial charge in [0.2, 0.25) is 5.91 Å². The molecule has 0 bridgehead atoms. The van der Waals surface area contributed by atoms with E-state index in [4.69, 9.17) is 18.9 Å². The molecule has 0 aromatic carbocycles. The Balaban J connectivity index is 1.70. The number of allylic oxidation sites excluding steroid dienone is 14. The highest BCUT2D eigenvalue weighted by Crippen LogP contribution is 2.30. The van der Waals surface area contributed by atoms with Gasteiger partial charge in [0.05, 0.1) is 32.0 Å². The monoisotopic (exact) mass is 1230 g/mol. The Morgan fingerprint density at radius 2 is 0.793 bits per heavy atom. The van der Waals surface area contributed by atoms with Crippen LogP contribution in [0, 0.1) is 0 Å². The third kappa shape index (κ3) is 41.3.